The monoisotopic (exact) mass is 630 g/mol. The zero-order valence-corrected chi connectivity index (χ0v) is 24.0. The van der Waals surface area contributed by atoms with Crippen LogP contribution in [0.1, 0.15) is 64.5 Å². The maximum Gasteiger partial charge on any atom is 0.573 e. The number of nitriles is 1. The van der Waals surface area contributed by atoms with Crippen LogP contribution in [0.5, 0.6) is 5.75 Å². The molecule has 0 saturated heterocycles. The Morgan fingerprint density at radius 2 is 1.77 bits per heavy atom. The number of benzene rings is 1. The van der Waals surface area contributed by atoms with Crippen molar-refractivity contribution in [3.63, 3.8) is 0 Å². The summed E-state index contributed by atoms with van der Waals surface area (Å²) < 4.78 is 41.5. The van der Waals surface area contributed by atoms with Crippen LogP contribution in [0.15, 0.2) is 42.5 Å². The summed E-state index contributed by atoms with van der Waals surface area (Å²) in [6.07, 6.45) is -2.29. The second kappa shape index (κ2) is 13.4. The van der Waals surface area contributed by atoms with Crippen molar-refractivity contribution in [1.29, 1.82) is 5.26 Å². The number of carbonyl (C=O) groups excluding carboxylic acids is 1. The van der Waals surface area contributed by atoms with E-state index in [4.69, 9.17) is 5.26 Å². The maximum atomic E-state index is 12.5. The van der Waals surface area contributed by atoms with Crippen molar-refractivity contribution in [1.82, 2.24) is 25.4 Å². The lowest BCUT2D eigenvalue weighted by Crippen LogP contribution is -2.21. The molecule has 1 aliphatic carbocycles. The number of aliphatic hydroxyl groups excluding tert-OH is 1. The van der Waals surface area contributed by atoms with Crippen LogP contribution >= 0.6 is 22.7 Å². The van der Waals surface area contributed by atoms with Crippen LogP contribution in [-0.4, -0.2) is 49.0 Å². The van der Waals surface area contributed by atoms with Gasteiger partial charge in [-0.2, -0.15) is 5.26 Å². The van der Waals surface area contributed by atoms with Gasteiger partial charge in [0.05, 0.1) is 12.1 Å². The Bertz CT molecular complexity index is 1610. The lowest BCUT2D eigenvalue weighted by Gasteiger charge is -2.25. The molecule has 3 atom stereocenters. The molecule has 3 aromatic heterocycles. The number of hydrogen-bond donors (Lipinski definition) is 3. The van der Waals surface area contributed by atoms with Crippen LogP contribution in [0.4, 0.5) is 23.4 Å². The Morgan fingerprint density at radius 1 is 1.07 bits per heavy atom. The molecule has 3 heterocycles. The number of aromatic nitrogens is 5. The Hall–Kier alpha value is -4.20. The highest BCUT2D eigenvalue weighted by Gasteiger charge is 2.31. The minimum atomic E-state index is -4.80. The van der Waals surface area contributed by atoms with Gasteiger partial charge in [-0.25, -0.2) is 4.98 Å². The predicted octanol–water partition coefficient (Wildman–Crippen LogP) is 5.15. The molecule has 1 aliphatic rings. The molecule has 5 rings (SSSR count). The van der Waals surface area contributed by atoms with E-state index in [0.717, 1.165) is 35.7 Å². The van der Waals surface area contributed by atoms with Crippen LogP contribution in [0.2, 0.25) is 0 Å². The van der Waals surface area contributed by atoms with Crippen LogP contribution in [0, 0.1) is 11.3 Å². The molecule has 0 bridgehead atoms. The van der Waals surface area contributed by atoms with Crippen molar-refractivity contribution < 1.29 is 27.8 Å². The third-order valence-electron chi connectivity index (χ3n) is 6.61. The van der Waals surface area contributed by atoms with E-state index in [1.165, 1.54) is 40.9 Å². The van der Waals surface area contributed by atoms with E-state index in [1.807, 2.05) is 6.07 Å². The van der Waals surface area contributed by atoms with E-state index in [-0.39, 0.29) is 42.0 Å². The molecule has 16 heteroatoms. The molecule has 1 aromatic carbocycles. The summed E-state index contributed by atoms with van der Waals surface area (Å²) in [6, 6.07) is 12.3. The molecule has 4 aromatic rings. The van der Waals surface area contributed by atoms with Crippen molar-refractivity contribution in [2.45, 2.75) is 63.0 Å². The standard InChI is InChI=1S/C27H25F3N8O3S2/c28-27(29,30)41-20-9-1-4-15(10-20)11-21(39)33-25-37-35-23(42-25)16-5-2-6-17(12-16)24-36-38-26(43-24)34-22(40)13-18-7-3-8-19(14-31)32-18/h1,3-4,7-10,16-17,21,39H,2,5-6,11-13H2,(H,33,37)(H,34,38,40)/t16-,17-,21?/m0/s1. The van der Waals surface area contributed by atoms with E-state index < -0.39 is 12.6 Å². The van der Waals surface area contributed by atoms with Gasteiger partial charge in [0.2, 0.25) is 16.2 Å². The second-order valence-electron chi connectivity index (χ2n) is 9.86. The number of anilines is 2. The first-order valence-electron chi connectivity index (χ1n) is 13.3. The van der Waals surface area contributed by atoms with Crippen molar-refractivity contribution in [2.75, 3.05) is 10.6 Å². The largest absolute Gasteiger partial charge is 0.573 e. The molecule has 43 heavy (non-hydrogen) atoms. The minimum absolute atomic E-state index is 0.0108. The van der Waals surface area contributed by atoms with Crippen molar-refractivity contribution in [3.8, 4) is 11.8 Å². The molecule has 1 amide bonds. The van der Waals surface area contributed by atoms with Gasteiger partial charge in [0.25, 0.3) is 0 Å². The second-order valence-corrected chi connectivity index (χ2v) is 11.9. The summed E-state index contributed by atoms with van der Waals surface area (Å²) in [5.74, 6) is -0.398. The Kier molecular flexibility index (Phi) is 9.43. The molecule has 1 unspecified atom stereocenters. The molecule has 0 radical (unpaired) electrons. The molecule has 3 N–H and O–H groups in total. The van der Waals surface area contributed by atoms with Gasteiger partial charge < -0.3 is 20.5 Å². The van der Waals surface area contributed by atoms with Crippen LogP contribution in [-0.2, 0) is 17.6 Å². The first kappa shape index (κ1) is 30.3. The number of nitrogens with one attached hydrogen (secondary N) is 2. The highest BCUT2D eigenvalue weighted by atomic mass is 32.1. The number of hydrogen-bond acceptors (Lipinski definition) is 12. The Morgan fingerprint density at radius 3 is 2.49 bits per heavy atom. The molecule has 1 fully saturated rings. The van der Waals surface area contributed by atoms with Crippen LogP contribution < -0.4 is 15.4 Å². The first-order chi connectivity index (χ1) is 20.6. The average Bonchev–Trinajstić information content (AvgIpc) is 3.62. The Balaban J connectivity index is 1.14. The predicted molar refractivity (Wildman–Crippen MR) is 152 cm³/mol. The van der Waals surface area contributed by atoms with Gasteiger partial charge in [0.15, 0.2) is 0 Å². The number of carbonyl (C=O) groups is 1. The third kappa shape index (κ3) is 8.66. The normalized spacial score (nSPS) is 17.6. The average molecular weight is 631 g/mol. The summed E-state index contributed by atoms with van der Waals surface area (Å²) >= 11 is 2.65. The highest BCUT2D eigenvalue weighted by molar-refractivity contribution is 7.15. The van der Waals surface area contributed by atoms with Crippen molar-refractivity contribution >= 4 is 38.8 Å². The molecule has 1 saturated carbocycles. The zero-order chi connectivity index (χ0) is 30.4. The lowest BCUT2D eigenvalue weighted by molar-refractivity contribution is -0.274. The third-order valence-corrected chi connectivity index (χ3v) is 8.63. The van der Waals surface area contributed by atoms with E-state index in [1.54, 1.807) is 24.3 Å². The molecular formula is C27H25F3N8O3S2. The zero-order valence-electron chi connectivity index (χ0n) is 22.4. The maximum absolute atomic E-state index is 12.5. The van der Waals surface area contributed by atoms with Crippen molar-refractivity contribution in [2.24, 2.45) is 0 Å². The number of ether oxygens (including phenoxy) is 1. The summed E-state index contributed by atoms with van der Waals surface area (Å²) in [4.78, 5) is 16.6. The van der Waals surface area contributed by atoms with Gasteiger partial charge in [-0.05, 0) is 49.1 Å². The molecular weight excluding hydrogens is 605 g/mol. The minimum Gasteiger partial charge on any atom is -0.406 e. The van der Waals surface area contributed by atoms with E-state index in [0.29, 0.717) is 21.5 Å². The summed E-state index contributed by atoms with van der Waals surface area (Å²) in [7, 11) is 0. The van der Waals surface area contributed by atoms with Crippen LogP contribution in [0.25, 0.3) is 0 Å². The van der Waals surface area contributed by atoms with Gasteiger partial charge >= 0.3 is 6.36 Å². The smallest absolute Gasteiger partial charge is 0.406 e. The number of pyridine rings is 1. The fourth-order valence-electron chi connectivity index (χ4n) is 4.80. The highest BCUT2D eigenvalue weighted by Crippen LogP contribution is 2.43. The first-order valence-corrected chi connectivity index (χ1v) is 14.9. The SMILES string of the molecule is N#Cc1cccc(CC(=O)Nc2nnc([C@H]3CCC[C@H](c4nnc(NC(O)Cc5cccc(OC(F)(F)F)c5)s4)C3)s2)n1. The summed E-state index contributed by atoms with van der Waals surface area (Å²) in [5, 5.41) is 44.4. The van der Waals surface area contributed by atoms with Gasteiger partial charge in [0, 0.05) is 18.3 Å². The number of amides is 1. The summed E-state index contributed by atoms with van der Waals surface area (Å²) in [5.41, 5.74) is 1.19. The lowest BCUT2D eigenvalue weighted by atomic mass is 9.82. The number of rotatable bonds is 10. The van der Waals surface area contributed by atoms with Gasteiger partial charge in [0.1, 0.15) is 33.8 Å². The number of aliphatic hydroxyl groups is 1. The fourth-order valence-corrected chi connectivity index (χ4v) is 6.65. The topological polar surface area (TPSA) is 159 Å². The number of halogens is 3. The molecule has 11 nitrogen and oxygen atoms in total. The van der Waals surface area contributed by atoms with Gasteiger partial charge in [-0.15, -0.1) is 33.6 Å². The summed E-state index contributed by atoms with van der Waals surface area (Å²) in [6.45, 7) is 0. The van der Waals surface area contributed by atoms with E-state index >= 15 is 0 Å². The van der Waals surface area contributed by atoms with Crippen LogP contribution in [0.3, 0.4) is 0 Å². The van der Waals surface area contributed by atoms with Crippen molar-refractivity contribution in [3.05, 3.63) is 69.4 Å². The molecule has 224 valence electrons. The fraction of sp³-hybridized carbons (Fsp3) is 0.370. The number of nitrogens with zero attached hydrogens (tertiary/aromatic N) is 6. The molecule has 0 spiro atoms. The van der Waals surface area contributed by atoms with Gasteiger partial charge in [-0.1, -0.05) is 47.3 Å². The number of alkyl halides is 3. The van der Waals surface area contributed by atoms with Gasteiger partial charge in [-0.3, -0.25) is 4.79 Å². The van der Waals surface area contributed by atoms with E-state index in [2.05, 4.69) is 40.7 Å². The Labute approximate surface area is 251 Å². The molecule has 0 aliphatic heterocycles. The quantitative estimate of drug-likeness (QED) is 0.200. The van der Waals surface area contributed by atoms with E-state index in [9.17, 15) is 23.1 Å².